The zero-order valence-corrected chi connectivity index (χ0v) is 11.4. The van der Waals surface area contributed by atoms with E-state index >= 15 is 0 Å². The number of carboxylic acid groups (broad SMARTS) is 2. The van der Waals surface area contributed by atoms with E-state index in [9.17, 15) is 0 Å². The summed E-state index contributed by atoms with van der Waals surface area (Å²) < 4.78 is 0. The molecule has 0 aliphatic heterocycles. The van der Waals surface area contributed by atoms with Crippen LogP contribution in [0.25, 0.3) is 0 Å². The van der Waals surface area contributed by atoms with E-state index in [0.29, 0.717) is 0 Å². The van der Waals surface area contributed by atoms with E-state index in [0.717, 1.165) is 0 Å². The molecule has 0 N–H and O–H groups in total. The molecule has 0 spiro atoms. The van der Waals surface area contributed by atoms with E-state index in [1.165, 1.54) is 0 Å². The van der Waals surface area contributed by atoms with Gasteiger partial charge < -0.3 is 15.0 Å². The van der Waals surface area contributed by atoms with Gasteiger partial charge in [0.25, 0.3) is 0 Å². The van der Waals surface area contributed by atoms with E-state index < -0.39 is 6.16 Å². The van der Waals surface area contributed by atoms with Gasteiger partial charge in [-0.25, -0.2) is 0 Å². The molecule has 0 aliphatic rings. The maximum absolute atomic E-state index is 8.33. The Kier molecular flexibility index (Phi) is 154. The largest absolute Gasteiger partial charge is 1.00 e. The molecule has 0 radical (unpaired) electrons. The molecule has 0 saturated heterocycles. The van der Waals surface area contributed by atoms with Crippen molar-refractivity contribution in [3.63, 3.8) is 0 Å². The van der Waals surface area contributed by atoms with Crippen LogP contribution in [0.3, 0.4) is 0 Å². The summed E-state index contributed by atoms with van der Waals surface area (Å²) in [5.74, 6) is 0. The minimum absolute atomic E-state index is 0. The van der Waals surface area contributed by atoms with Crippen LogP contribution in [-0.4, -0.2) is 6.16 Å². The van der Waals surface area contributed by atoms with Crippen molar-refractivity contribution < 1.29 is 74.1 Å². The van der Waals surface area contributed by atoms with Gasteiger partial charge in [-0.05, 0) is 6.16 Å². The molecule has 0 aliphatic carbocycles. The van der Waals surface area contributed by atoms with Crippen molar-refractivity contribution in [3.8, 4) is 0 Å². The quantitative estimate of drug-likeness (QED) is 0.377. The SMILES string of the molecule is Cl.Cl.Cl.O=C([O-])[O-].[Na+].[Na+]. The summed E-state index contributed by atoms with van der Waals surface area (Å²) in [5.41, 5.74) is 0. The number of hydrogen-bond acceptors (Lipinski definition) is 3. The molecule has 0 rings (SSSR count). The van der Waals surface area contributed by atoms with E-state index in [4.69, 9.17) is 15.0 Å². The van der Waals surface area contributed by atoms with Crippen LogP contribution < -0.4 is 69.3 Å². The Balaban J connectivity index is -0.00000000450. The molecule has 9 heavy (non-hydrogen) atoms. The first kappa shape index (κ1) is 43.4. The summed E-state index contributed by atoms with van der Waals surface area (Å²) in [6.07, 6.45) is -2.33. The first-order valence-electron chi connectivity index (χ1n) is 0.612. The molecular formula is CH3Cl3Na2O3. The maximum atomic E-state index is 8.33. The molecule has 0 fully saturated rings. The molecule has 8 heteroatoms. The summed E-state index contributed by atoms with van der Waals surface area (Å²) in [6.45, 7) is 0. The first-order chi connectivity index (χ1) is 1.73. The number of rotatable bonds is 0. The summed E-state index contributed by atoms with van der Waals surface area (Å²) in [6, 6.07) is 0. The first-order valence-corrected chi connectivity index (χ1v) is 0.612. The monoisotopic (exact) mass is 214 g/mol. The summed E-state index contributed by atoms with van der Waals surface area (Å²) in [4.78, 5) is 8.33. The van der Waals surface area contributed by atoms with Gasteiger partial charge >= 0.3 is 59.1 Å². The van der Waals surface area contributed by atoms with Gasteiger partial charge in [0.1, 0.15) is 0 Å². The van der Waals surface area contributed by atoms with Crippen molar-refractivity contribution in [3.05, 3.63) is 0 Å². The Morgan fingerprint density at radius 2 is 0.889 bits per heavy atom. The number of hydrogen-bond donors (Lipinski definition) is 0. The molecule has 0 aromatic rings. The van der Waals surface area contributed by atoms with Gasteiger partial charge in [0.2, 0.25) is 0 Å². The molecule has 0 unspecified atom stereocenters. The molecule has 48 valence electrons. The predicted molar refractivity (Wildman–Crippen MR) is 27.1 cm³/mol. The smallest absolute Gasteiger partial charge is 0.652 e. The topological polar surface area (TPSA) is 63.2 Å². The fraction of sp³-hybridized carbons (Fsp3) is 0. The van der Waals surface area contributed by atoms with Crippen LogP contribution >= 0.6 is 37.2 Å². The van der Waals surface area contributed by atoms with Crippen LogP contribution in [0.2, 0.25) is 0 Å². The Morgan fingerprint density at radius 3 is 0.889 bits per heavy atom. The number of carbonyl (C=O) groups is 1. The van der Waals surface area contributed by atoms with Gasteiger partial charge in [0, 0.05) is 0 Å². The van der Waals surface area contributed by atoms with Crippen molar-refractivity contribution in [2.24, 2.45) is 0 Å². The number of halogens is 3. The van der Waals surface area contributed by atoms with Crippen LogP contribution in [0.1, 0.15) is 0 Å². The second-order valence-corrected chi connectivity index (χ2v) is 0.250. The summed E-state index contributed by atoms with van der Waals surface area (Å²) in [7, 11) is 0. The number of carbonyl (C=O) groups excluding carboxylic acids is 1. The van der Waals surface area contributed by atoms with Crippen molar-refractivity contribution in [2.75, 3.05) is 0 Å². The molecule has 0 bridgehead atoms. The fourth-order valence-corrected chi connectivity index (χ4v) is 0. The van der Waals surface area contributed by atoms with Gasteiger partial charge in [-0.3, -0.25) is 0 Å². The molecule has 0 atom stereocenters. The van der Waals surface area contributed by atoms with E-state index in [1.54, 1.807) is 0 Å². The fourth-order valence-electron chi connectivity index (χ4n) is 0. The van der Waals surface area contributed by atoms with E-state index in [2.05, 4.69) is 0 Å². The van der Waals surface area contributed by atoms with Crippen molar-refractivity contribution in [1.82, 2.24) is 0 Å². The normalized spacial score (nSPS) is 2.67. The van der Waals surface area contributed by atoms with E-state index in [1.807, 2.05) is 0 Å². The van der Waals surface area contributed by atoms with Gasteiger partial charge in [-0.2, -0.15) is 0 Å². The molecule has 0 amide bonds. The third-order valence-electron chi connectivity index (χ3n) is 0. The van der Waals surface area contributed by atoms with Crippen LogP contribution in [0.5, 0.6) is 0 Å². The summed E-state index contributed by atoms with van der Waals surface area (Å²) >= 11 is 0. The van der Waals surface area contributed by atoms with Crippen LogP contribution in [-0.2, 0) is 0 Å². The van der Waals surface area contributed by atoms with Gasteiger partial charge in [0.15, 0.2) is 0 Å². The molecule has 3 nitrogen and oxygen atoms in total. The minimum Gasteiger partial charge on any atom is -0.652 e. The zero-order valence-electron chi connectivity index (χ0n) is 4.95. The second kappa shape index (κ2) is 32.1. The van der Waals surface area contributed by atoms with E-state index in [-0.39, 0.29) is 96.3 Å². The average molecular weight is 215 g/mol. The Bertz CT molecular complexity index is 40.0. The molecule has 0 aromatic carbocycles. The second-order valence-electron chi connectivity index (χ2n) is 0.250. The minimum atomic E-state index is -2.33. The third-order valence-corrected chi connectivity index (χ3v) is 0. The van der Waals surface area contributed by atoms with Crippen LogP contribution in [0.15, 0.2) is 0 Å². The van der Waals surface area contributed by atoms with Crippen LogP contribution in [0, 0.1) is 0 Å². The van der Waals surface area contributed by atoms with Crippen molar-refractivity contribution >= 4 is 43.4 Å². The summed E-state index contributed by atoms with van der Waals surface area (Å²) in [5, 5.41) is 16.7. The Morgan fingerprint density at radius 1 is 0.889 bits per heavy atom. The molecular weight excluding hydrogens is 212 g/mol. The molecule has 0 heterocycles. The van der Waals surface area contributed by atoms with Gasteiger partial charge in [0.05, 0.1) is 0 Å². The third kappa shape index (κ3) is 147. The van der Waals surface area contributed by atoms with Crippen LogP contribution in [0.4, 0.5) is 4.79 Å². The Labute approximate surface area is 116 Å². The van der Waals surface area contributed by atoms with Crippen molar-refractivity contribution in [1.29, 1.82) is 0 Å². The van der Waals surface area contributed by atoms with Gasteiger partial charge in [-0.15, -0.1) is 37.2 Å². The Hall–Kier alpha value is 2.14. The average Bonchev–Trinajstić information content (AvgIpc) is 0.811. The van der Waals surface area contributed by atoms with Crippen molar-refractivity contribution in [2.45, 2.75) is 0 Å². The predicted octanol–water partition coefficient (Wildman–Crippen LogP) is -7.17. The zero-order chi connectivity index (χ0) is 3.58. The molecule has 0 saturated carbocycles. The molecule has 0 aromatic heterocycles. The maximum Gasteiger partial charge on any atom is 1.00 e. The van der Waals surface area contributed by atoms with Gasteiger partial charge in [-0.1, -0.05) is 0 Å². The standard InChI is InChI=1S/CH2O3.3ClH.2Na/c2-1(3)4;;;;;/h(H2,2,3,4);3*1H;;/q;;;;2*+1/p-2.